The van der Waals surface area contributed by atoms with Crippen LogP contribution in [-0.2, 0) is 13.6 Å². The number of anilines is 1. The van der Waals surface area contributed by atoms with Crippen molar-refractivity contribution in [3.63, 3.8) is 0 Å². The predicted molar refractivity (Wildman–Crippen MR) is 66.5 cm³/mol. The van der Waals surface area contributed by atoms with Crippen molar-refractivity contribution in [2.75, 3.05) is 5.32 Å². The molecule has 0 aliphatic carbocycles. The zero-order chi connectivity index (χ0) is 11.5. The molecular weight excluding hydrogens is 198 g/mol. The van der Waals surface area contributed by atoms with Crippen LogP contribution in [0.2, 0.25) is 0 Å². The smallest absolute Gasteiger partial charge is 0.0539 e. The first-order valence-corrected chi connectivity index (χ1v) is 5.44. The summed E-state index contributed by atoms with van der Waals surface area (Å²) >= 11 is 0. The number of rotatable bonds is 3. The summed E-state index contributed by atoms with van der Waals surface area (Å²) in [7, 11) is 1.93. The lowest BCUT2D eigenvalue weighted by Gasteiger charge is -2.08. The van der Waals surface area contributed by atoms with Gasteiger partial charge in [0.2, 0.25) is 0 Å². The maximum absolute atomic E-state index is 4.14. The third-order valence-electron chi connectivity index (χ3n) is 2.62. The van der Waals surface area contributed by atoms with Crippen LogP contribution in [0.25, 0.3) is 0 Å². The van der Waals surface area contributed by atoms with E-state index in [4.69, 9.17) is 0 Å². The summed E-state index contributed by atoms with van der Waals surface area (Å²) in [6, 6.07) is 6.44. The molecule has 2 aromatic rings. The minimum absolute atomic E-state index is 0.817. The topological polar surface area (TPSA) is 29.9 Å². The second-order valence-corrected chi connectivity index (χ2v) is 4.19. The van der Waals surface area contributed by atoms with Crippen molar-refractivity contribution in [1.29, 1.82) is 0 Å². The average molecular weight is 215 g/mol. The van der Waals surface area contributed by atoms with Crippen LogP contribution >= 0.6 is 0 Å². The van der Waals surface area contributed by atoms with E-state index in [0.717, 1.165) is 6.54 Å². The van der Waals surface area contributed by atoms with Crippen molar-refractivity contribution in [2.45, 2.75) is 20.4 Å². The van der Waals surface area contributed by atoms with Gasteiger partial charge in [0, 0.05) is 31.0 Å². The molecule has 16 heavy (non-hydrogen) atoms. The van der Waals surface area contributed by atoms with Gasteiger partial charge in [0.05, 0.1) is 6.20 Å². The Morgan fingerprint density at radius 1 is 1.31 bits per heavy atom. The van der Waals surface area contributed by atoms with E-state index in [1.54, 1.807) is 0 Å². The number of benzene rings is 1. The highest BCUT2D eigenvalue weighted by molar-refractivity contribution is 5.52. The zero-order valence-corrected chi connectivity index (χ0v) is 9.99. The zero-order valence-electron chi connectivity index (χ0n) is 9.99. The maximum atomic E-state index is 4.14. The van der Waals surface area contributed by atoms with Crippen LogP contribution in [0.1, 0.15) is 16.7 Å². The van der Waals surface area contributed by atoms with E-state index < -0.39 is 0 Å². The highest BCUT2D eigenvalue weighted by Crippen LogP contribution is 2.16. The fourth-order valence-electron chi connectivity index (χ4n) is 1.77. The highest BCUT2D eigenvalue weighted by Gasteiger charge is 1.99. The summed E-state index contributed by atoms with van der Waals surface area (Å²) in [5.41, 5.74) is 4.96. The largest absolute Gasteiger partial charge is 0.381 e. The quantitative estimate of drug-likeness (QED) is 0.853. The van der Waals surface area contributed by atoms with Crippen LogP contribution in [0.5, 0.6) is 0 Å². The van der Waals surface area contributed by atoms with E-state index in [-0.39, 0.29) is 0 Å². The summed E-state index contributed by atoms with van der Waals surface area (Å²) in [5, 5.41) is 7.56. The van der Waals surface area contributed by atoms with Crippen LogP contribution in [0.15, 0.2) is 30.6 Å². The van der Waals surface area contributed by atoms with E-state index in [2.05, 4.69) is 42.5 Å². The van der Waals surface area contributed by atoms with Gasteiger partial charge in [0.25, 0.3) is 0 Å². The summed E-state index contributed by atoms with van der Waals surface area (Å²) in [6.45, 7) is 5.05. The molecule has 0 bridgehead atoms. The van der Waals surface area contributed by atoms with E-state index in [9.17, 15) is 0 Å². The van der Waals surface area contributed by atoms with Crippen LogP contribution in [0, 0.1) is 13.8 Å². The van der Waals surface area contributed by atoms with Gasteiger partial charge in [-0.2, -0.15) is 5.10 Å². The molecule has 3 heteroatoms. The van der Waals surface area contributed by atoms with Crippen LogP contribution < -0.4 is 5.32 Å². The number of aromatic nitrogens is 2. The molecule has 0 aliphatic rings. The molecule has 0 saturated heterocycles. The lowest BCUT2D eigenvalue weighted by Crippen LogP contribution is -2.00. The molecule has 1 aromatic heterocycles. The van der Waals surface area contributed by atoms with Gasteiger partial charge in [-0.1, -0.05) is 17.7 Å². The van der Waals surface area contributed by atoms with Gasteiger partial charge in [-0.15, -0.1) is 0 Å². The van der Waals surface area contributed by atoms with Gasteiger partial charge in [0.1, 0.15) is 0 Å². The number of hydrogen-bond donors (Lipinski definition) is 1. The monoisotopic (exact) mass is 215 g/mol. The first kappa shape index (κ1) is 10.7. The molecule has 0 saturated carbocycles. The van der Waals surface area contributed by atoms with Crippen molar-refractivity contribution in [1.82, 2.24) is 9.78 Å². The molecule has 0 atom stereocenters. The predicted octanol–water partition coefficient (Wildman–Crippen LogP) is 2.65. The van der Waals surface area contributed by atoms with Crippen molar-refractivity contribution in [3.8, 4) is 0 Å². The molecule has 0 aliphatic heterocycles. The van der Waals surface area contributed by atoms with E-state index in [0.29, 0.717) is 0 Å². The van der Waals surface area contributed by atoms with Crippen molar-refractivity contribution in [2.24, 2.45) is 7.05 Å². The Balaban J connectivity index is 2.04. The van der Waals surface area contributed by atoms with Gasteiger partial charge >= 0.3 is 0 Å². The molecule has 1 N–H and O–H groups in total. The second kappa shape index (κ2) is 4.39. The molecule has 0 unspecified atom stereocenters. The molecule has 0 spiro atoms. The van der Waals surface area contributed by atoms with Gasteiger partial charge < -0.3 is 5.32 Å². The Labute approximate surface area is 96.1 Å². The van der Waals surface area contributed by atoms with Crippen LogP contribution in [-0.4, -0.2) is 9.78 Å². The summed E-state index contributed by atoms with van der Waals surface area (Å²) in [5.74, 6) is 0. The molecule has 3 nitrogen and oxygen atoms in total. The summed E-state index contributed by atoms with van der Waals surface area (Å²) in [4.78, 5) is 0. The lowest BCUT2D eigenvalue weighted by atomic mass is 10.1. The number of hydrogen-bond acceptors (Lipinski definition) is 2. The Morgan fingerprint density at radius 3 is 2.75 bits per heavy atom. The number of nitrogens with zero attached hydrogens (tertiary/aromatic N) is 2. The fourth-order valence-corrected chi connectivity index (χ4v) is 1.77. The maximum Gasteiger partial charge on any atom is 0.0539 e. The SMILES string of the molecule is Cc1ccc(NCc2cnn(C)c2)c(C)c1. The van der Waals surface area contributed by atoms with Crippen molar-refractivity contribution < 1.29 is 0 Å². The second-order valence-electron chi connectivity index (χ2n) is 4.19. The minimum Gasteiger partial charge on any atom is -0.381 e. The molecule has 1 heterocycles. The van der Waals surface area contributed by atoms with Gasteiger partial charge in [0.15, 0.2) is 0 Å². The van der Waals surface area contributed by atoms with Crippen molar-refractivity contribution in [3.05, 3.63) is 47.3 Å². The van der Waals surface area contributed by atoms with Crippen LogP contribution in [0.3, 0.4) is 0 Å². The lowest BCUT2D eigenvalue weighted by molar-refractivity contribution is 0.767. The van der Waals surface area contributed by atoms with E-state index in [1.165, 1.54) is 22.4 Å². The number of aryl methyl sites for hydroxylation is 3. The first-order valence-electron chi connectivity index (χ1n) is 5.44. The Hall–Kier alpha value is -1.77. The minimum atomic E-state index is 0.817. The van der Waals surface area contributed by atoms with Gasteiger partial charge in [-0.25, -0.2) is 0 Å². The van der Waals surface area contributed by atoms with Gasteiger partial charge in [-0.05, 0) is 25.5 Å². The molecule has 0 fully saturated rings. The van der Waals surface area contributed by atoms with Gasteiger partial charge in [-0.3, -0.25) is 4.68 Å². The standard InChI is InChI=1S/C13H17N3/c1-10-4-5-13(11(2)6-10)14-7-12-8-15-16(3)9-12/h4-6,8-9,14H,7H2,1-3H3. The Kier molecular flexibility index (Phi) is 2.95. The molecule has 2 rings (SSSR count). The molecule has 0 amide bonds. The Bertz CT molecular complexity index is 486. The third-order valence-corrected chi connectivity index (χ3v) is 2.62. The van der Waals surface area contributed by atoms with E-state index >= 15 is 0 Å². The first-order chi connectivity index (χ1) is 7.65. The third kappa shape index (κ3) is 2.42. The highest BCUT2D eigenvalue weighted by atomic mass is 15.2. The molecular formula is C13H17N3. The fraction of sp³-hybridized carbons (Fsp3) is 0.308. The Morgan fingerprint density at radius 2 is 2.12 bits per heavy atom. The summed E-state index contributed by atoms with van der Waals surface area (Å²) < 4.78 is 1.82. The molecule has 0 radical (unpaired) electrons. The molecule has 84 valence electrons. The number of nitrogens with one attached hydrogen (secondary N) is 1. The average Bonchev–Trinajstić information content (AvgIpc) is 2.63. The molecule has 1 aromatic carbocycles. The summed E-state index contributed by atoms with van der Waals surface area (Å²) in [6.07, 6.45) is 3.91. The normalized spacial score (nSPS) is 10.4. The van der Waals surface area contributed by atoms with Crippen molar-refractivity contribution >= 4 is 5.69 Å². The van der Waals surface area contributed by atoms with E-state index in [1.807, 2.05) is 24.1 Å². The van der Waals surface area contributed by atoms with Crippen LogP contribution in [0.4, 0.5) is 5.69 Å².